The summed E-state index contributed by atoms with van der Waals surface area (Å²) in [5.41, 5.74) is -4.00. The van der Waals surface area contributed by atoms with Crippen molar-refractivity contribution in [3.63, 3.8) is 0 Å². The van der Waals surface area contributed by atoms with E-state index in [1.165, 1.54) is 0 Å². The van der Waals surface area contributed by atoms with E-state index in [4.69, 9.17) is 21.1 Å². The van der Waals surface area contributed by atoms with Gasteiger partial charge in [0.1, 0.15) is 5.67 Å². The third-order valence-corrected chi connectivity index (χ3v) is 9.81. The molecule has 1 aliphatic heterocycles. The van der Waals surface area contributed by atoms with Gasteiger partial charge in [-0.15, -0.1) is 11.6 Å². The summed E-state index contributed by atoms with van der Waals surface area (Å²) < 4.78 is 29.7. The van der Waals surface area contributed by atoms with Gasteiger partial charge in [0.25, 0.3) is 0 Å². The Balaban J connectivity index is 1.63. The van der Waals surface area contributed by atoms with Crippen LogP contribution in [0.1, 0.15) is 66.2 Å². The van der Waals surface area contributed by atoms with Crippen LogP contribution >= 0.6 is 11.6 Å². The molecule has 5 rings (SSSR count). The van der Waals surface area contributed by atoms with Gasteiger partial charge in [-0.1, -0.05) is 19.4 Å². The third kappa shape index (κ3) is 2.43. The second kappa shape index (κ2) is 6.40. The summed E-state index contributed by atoms with van der Waals surface area (Å²) in [7, 11) is 0. The smallest absolute Gasteiger partial charge is 0.182 e. The van der Waals surface area contributed by atoms with Gasteiger partial charge >= 0.3 is 0 Å². The Hall–Kier alpha value is -0.820. The van der Waals surface area contributed by atoms with Gasteiger partial charge in [0.15, 0.2) is 23.0 Å². The first kappa shape index (κ1) is 22.0. The zero-order valence-corrected chi connectivity index (χ0v) is 19.4. The van der Waals surface area contributed by atoms with E-state index in [1.807, 2.05) is 13.8 Å². The summed E-state index contributed by atoms with van der Waals surface area (Å²) in [4.78, 5) is 25.3. The van der Waals surface area contributed by atoms with Crippen LogP contribution in [0, 0.1) is 22.7 Å². The summed E-state index contributed by atoms with van der Waals surface area (Å²) in [5, 5.41) is 11.4. The minimum Gasteiger partial charge on any atom is -0.390 e. The molecule has 0 aromatic rings. The van der Waals surface area contributed by atoms with Crippen molar-refractivity contribution in [1.82, 2.24) is 0 Å². The lowest BCUT2D eigenvalue weighted by molar-refractivity contribution is -0.250. The number of carbonyl (C=O) groups excluding carboxylic acids is 2. The van der Waals surface area contributed by atoms with Crippen molar-refractivity contribution < 1.29 is 28.6 Å². The Labute approximate surface area is 187 Å². The number of ketones is 2. The molecule has 1 saturated heterocycles. The second-order valence-electron chi connectivity index (χ2n) is 11.3. The van der Waals surface area contributed by atoms with Crippen LogP contribution in [0.15, 0.2) is 11.6 Å². The lowest BCUT2D eigenvalue weighted by Crippen LogP contribution is -2.70. The third-order valence-electron chi connectivity index (χ3n) is 9.57. The van der Waals surface area contributed by atoms with Gasteiger partial charge < -0.3 is 14.6 Å². The molecule has 7 heteroatoms. The standard InChI is InChI=1S/C24H32ClFO5/c1-20(2)30-19-10-16-15-6-5-13-9-14(27)7-8-21(13,3)23(15,26)17(28)11-22(16,4)24(19,31-20)18(29)12-25/h9,15-17,19,28H,5-8,10-12H2,1-4H3/t15-,16+,17+,19-,21+,22+,23+,24-/m1/s1. The van der Waals surface area contributed by atoms with Crippen molar-refractivity contribution in [2.75, 3.05) is 5.88 Å². The Morgan fingerprint density at radius 2 is 1.97 bits per heavy atom. The van der Waals surface area contributed by atoms with Crippen LogP contribution in [-0.2, 0) is 19.1 Å². The van der Waals surface area contributed by atoms with E-state index in [9.17, 15) is 14.7 Å². The van der Waals surface area contributed by atoms with Crippen molar-refractivity contribution in [1.29, 1.82) is 0 Å². The summed E-state index contributed by atoms with van der Waals surface area (Å²) in [5.74, 6) is -2.02. The molecule has 1 heterocycles. The molecule has 0 bridgehead atoms. The molecule has 172 valence electrons. The Bertz CT molecular complexity index is 887. The molecule has 3 saturated carbocycles. The van der Waals surface area contributed by atoms with Gasteiger partial charge in [0.2, 0.25) is 0 Å². The largest absolute Gasteiger partial charge is 0.390 e. The first-order valence-electron chi connectivity index (χ1n) is 11.4. The molecule has 1 N–H and O–H groups in total. The lowest BCUT2D eigenvalue weighted by Gasteiger charge is -2.63. The second-order valence-corrected chi connectivity index (χ2v) is 11.5. The average Bonchev–Trinajstić information content (AvgIpc) is 3.09. The molecule has 4 fully saturated rings. The molecule has 5 nitrogen and oxygen atoms in total. The molecular weight excluding hydrogens is 423 g/mol. The molecule has 31 heavy (non-hydrogen) atoms. The molecule has 0 amide bonds. The van der Waals surface area contributed by atoms with Crippen molar-refractivity contribution in [3.8, 4) is 0 Å². The Kier molecular flexibility index (Phi) is 4.54. The highest BCUT2D eigenvalue weighted by molar-refractivity contribution is 6.29. The number of ether oxygens (including phenoxy) is 2. The number of fused-ring (bicyclic) bond motifs is 7. The Morgan fingerprint density at radius 1 is 1.26 bits per heavy atom. The van der Waals surface area contributed by atoms with Crippen molar-refractivity contribution in [3.05, 3.63) is 11.6 Å². The number of carbonyl (C=O) groups is 2. The van der Waals surface area contributed by atoms with Crippen LogP contribution in [0.25, 0.3) is 0 Å². The highest BCUT2D eigenvalue weighted by Gasteiger charge is 2.80. The van der Waals surface area contributed by atoms with Crippen LogP contribution in [0.3, 0.4) is 0 Å². The molecule has 5 aliphatic rings. The van der Waals surface area contributed by atoms with E-state index < -0.39 is 46.0 Å². The lowest BCUT2D eigenvalue weighted by atomic mass is 9.44. The molecular formula is C24H32ClFO5. The monoisotopic (exact) mass is 454 g/mol. The number of alkyl halides is 2. The number of Topliss-reactive ketones (excluding diaryl/α,β-unsaturated/α-hetero) is 1. The summed E-state index contributed by atoms with van der Waals surface area (Å²) in [6.07, 6.45) is 2.28. The number of hydrogen-bond acceptors (Lipinski definition) is 5. The van der Waals surface area contributed by atoms with Gasteiger partial charge in [-0.3, -0.25) is 9.59 Å². The van der Waals surface area contributed by atoms with Gasteiger partial charge in [-0.25, -0.2) is 4.39 Å². The van der Waals surface area contributed by atoms with E-state index in [0.717, 1.165) is 5.57 Å². The summed E-state index contributed by atoms with van der Waals surface area (Å²) in [6.45, 7) is 7.38. The highest BCUT2D eigenvalue weighted by Crippen LogP contribution is 2.72. The van der Waals surface area contributed by atoms with Crippen LogP contribution < -0.4 is 0 Å². The minimum absolute atomic E-state index is 0.0377. The fraction of sp³-hybridized carbons (Fsp3) is 0.833. The first-order chi connectivity index (χ1) is 14.4. The van der Waals surface area contributed by atoms with E-state index in [2.05, 4.69) is 0 Å². The summed E-state index contributed by atoms with van der Waals surface area (Å²) in [6, 6.07) is 0. The van der Waals surface area contributed by atoms with E-state index in [-0.39, 0.29) is 29.8 Å². The maximum absolute atomic E-state index is 17.2. The van der Waals surface area contributed by atoms with Gasteiger partial charge in [-0.05, 0) is 57.9 Å². The molecule has 0 radical (unpaired) electrons. The molecule has 0 spiro atoms. The highest BCUT2D eigenvalue weighted by atomic mass is 35.5. The zero-order valence-electron chi connectivity index (χ0n) is 18.7. The fourth-order valence-corrected chi connectivity index (χ4v) is 8.47. The van der Waals surface area contributed by atoms with Gasteiger partial charge in [-0.2, -0.15) is 0 Å². The number of allylic oxidation sites excluding steroid dienone is 1. The molecule has 8 atom stereocenters. The normalized spacial score (nSPS) is 52.6. The van der Waals surface area contributed by atoms with Gasteiger partial charge in [0, 0.05) is 23.2 Å². The van der Waals surface area contributed by atoms with Gasteiger partial charge in [0.05, 0.1) is 18.1 Å². The van der Waals surface area contributed by atoms with Crippen molar-refractivity contribution in [2.45, 2.75) is 95.5 Å². The van der Waals surface area contributed by atoms with Crippen molar-refractivity contribution in [2.24, 2.45) is 22.7 Å². The number of hydrogen-bond donors (Lipinski definition) is 1. The van der Waals surface area contributed by atoms with Crippen molar-refractivity contribution >= 4 is 23.2 Å². The number of rotatable bonds is 2. The maximum atomic E-state index is 17.2. The molecule has 0 unspecified atom stereocenters. The maximum Gasteiger partial charge on any atom is 0.182 e. The zero-order chi connectivity index (χ0) is 22.6. The number of aliphatic hydroxyl groups is 1. The van der Waals surface area contributed by atoms with Crippen LogP contribution in [0.2, 0.25) is 0 Å². The minimum atomic E-state index is -1.86. The van der Waals surface area contributed by atoms with E-state index in [1.54, 1.807) is 19.9 Å². The van der Waals surface area contributed by atoms with Crippen LogP contribution in [-0.4, -0.2) is 51.8 Å². The predicted octanol–water partition coefficient (Wildman–Crippen LogP) is 3.89. The quantitative estimate of drug-likeness (QED) is 0.641. The number of halogens is 2. The fourth-order valence-electron chi connectivity index (χ4n) is 8.27. The van der Waals surface area contributed by atoms with Crippen LogP contribution in [0.4, 0.5) is 4.39 Å². The summed E-state index contributed by atoms with van der Waals surface area (Å²) >= 11 is 6.05. The topological polar surface area (TPSA) is 72.8 Å². The molecule has 4 aliphatic carbocycles. The molecule has 0 aromatic carbocycles. The SMILES string of the molecule is CC1(C)O[C@@H]2C[C@H]3[C@H]4CCC5=CC(=O)CC[C@]5(C)[C@@]4(F)[C@@H](O)C[C@]3(C)[C@]2(C(=O)CCl)O1. The van der Waals surface area contributed by atoms with Crippen LogP contribution in [0.5, 0.6) is 0 Å². The average molecular weight is 455 g/mol. The van der Waals surface area contributed by atoms with E-state index in [0.29, 0.717) is 32.1 Å². The number of aliphatic hydroxyl groups excluding tert-OH is 1. The first-order valence-corrected chi connectivity index (χ1v) is 12.0. The Morgan fingerprint density at radius 3 is 2.65 bits per heavy atom. The molecule has 0 aromatic heterocycles. The predicted molar refractivity (Wildman–Crippen MR) is 112 cm³/mol. The van der Waals surface area contributed by atoms with E-state index >= 15 is 4.39 Å².